The maximum Gasteiger partial charge on any atom is 0.183 e. The molecule has 0 saturated carbocycles. The Morgan fingerprint density at radius 1 is 1.55 bits per heavy atom. The van der Waals surface area contributed by atoms with Crippen molar-refractivity contribution in [3.05, 3.63) is 18.5 Å². The molecule has 56 valence electrons. The van der Waals surface area contributed by atoms with Gasteiger partial charge >= 0.3 is 0 Å². The Morgan fingerprint density at radius 2 is 2.45 bits per heavy atom. The molecule has 1 N–H and O–H groups in total. The minimum Gasteiger partial charge on any atom is -0.365 e. The molecule has 0 atom stereocenters. The van der Waals surface area contributed by atoms with Gasteiger partial charge in [0.15, 0.2) is 5.13 Å². The molecule has 0 spiro atoms. The van der Waals surface area contributed by atoms with E-state index in [0.29, 0.717) is 0 Å². The Hall–Kier alpha value is -1.16. The van der Waals surface area contributed by atoms with Crippen LogP contribution in [0, 0.1) is 0 Å². The molecule has 0 unspecified atom stereocenters. The molecule has 0 fully saturated rings. The monoisotopic (exact) mass is 165 g/mol. The van der Waals surface area contributed by atoms with E-state index < -0.39 is 0 Å². The van der Waals surface area contributed by atoms with Crippen LogP contribution < -0.4 is 5.32 Å². The van der Waals surface area contributed by atoms with E-state index in [4.69, 9.17) is 0 Å². The number of nitrogens with one attached hydrogen (secondary N) is 1. The first-order valence-corrected chi connectivity index (χ1v) is 4.10. The summed E-state index contributed by atoms with van der Waals surface area (Å²) in [4.78, 5) is 8.30. The van der Waals surface area contributed by atoms with Gasteiger partial charge in [0, 0.05) is 19.4 Å². The number of fused-ring (bicyclic) bond motifs is 1. The molecular weight excluding hydrogens is 158 g/mol. The average Bonchev–Trinajstić information content (AvgIpc) is 2.46. The lowest BCUT2D eigenvalue weighted by Gasteiger charge is -1.84. The van der Waals surface area contributed by atoms with E-state index in [1.54, 1.807) is 17.5 Å². The fourth-order valence-corrected chi connectivity index (χ4v) is 1.67. The standard InChI is InChI=1S/C7H7N3S/c1-8-7-10-5-2-3-9-4-6(5)11-7/h2-4H,1H3,(H,8,10). The molecule has 0 aliphatic rings. The molecule has 0 saturated heterocycles. The molecule has 0 radical (unpaired) electrons. The van der Waals surface area contributed by atoms with Gasteiger partial charge in [-0.05, 0) is 6.07 Å². The van der Waals surface area contributed by atoms with Gasteiger partial charge in [0.05, 0.1) is 10.2 Å². The van der Waals surface area contributed by atoms with Gasteiger partial charge in [-0.1, -0.05) is 11.3 Å². The smallest absolute Gasteiger partial charge is 0.183 e. The highest BCUT2D eigenvalue weighted by molar-refractivity contribution is 7.22. The maximum absolute atomic E-state index is 4.30. The number of pyridine rings is 1. The third-order valence-corrected chi connectivity index (χ3v) is 2.43. The van der Waals surface area contributed by atoms with Crippen molar-refractivity contribution in [1.29, 1.82) is 0 Å². The second kappa shape index (κ2) is 2.47. The number of hydrogen-bond acceptors (Lipinski definition) is 4. The SMILES string of the molecule is CNc1nc2ccncc2s1. The lowest BCUT2D eigenvalue weighted by atomic mass is 10.4. The van der Waals surface area contributed by atoms with Crippen LogP contribution in [0.2, 0.25) is 0 Å². The first-order chi connectivity index (χ1) is 5.40. The van der Waals surface area contributed by atoms with Crippen LogP contribution in [0.25, 0.3) is 10.2 Å². The zero-order valence-corrected chi connectivity index (χ0v) is 6.85. The van der Waals surface area contributed by atoms with E-state index >= 15 is 0 Å². The Labute approximate surface area is 68.1 Å². The summed E-state index contributed by atoms with van der Waals surface area (Å²) in [6.07, 6.45) is 3.58. The molecule has 0 bridgehead atoms. The van der Waals surface area contributed by atoms with Crippen LogP contribution in [0.3, 0.4) is 0 Å². The molecule has 2 aromatic heterocycles. The van der Waals surface area contributed by atoms with Crippen molar-refractivity contribution in [2.45, 2.75) is 0 Å². The van der Waals surface area contributed by atoms with Crippen LogP contribution in [0.5, 0.6) is 0 Å². The zero-order valence-electron chi connectivity index (χ0n) is 6.03. The molecule has 0 aromatic carbocycles. The summed E-state index contributed by atoms with van der Waals surface area (Å²) >= 11 is 1.61. The summed E-state index contributed by atoms with van der Waals surface area (Å²) < 4.78 is 1.12. The van der Waals surface area contributed by atoms with Crippen molar-refractivity contribution in [3.63, 3.8) is 0 Å². The highest BCUT2D eigenvalue weighted by Crippen LogP contribution is 2.23. The van der Waals surface area contributed by atoms with Crippen LogP contribution in [0.1, 0.15) is 0 Å². The van der Waals surface area contributed by atoms with Crippen LogP contribution in [0.4, 0.5) is 5.13 Å². The summed E-state index contributed by atoms with van der Waals surface area (Å²) in [6.45, 7) is 0. The van der Waals surface area contributed by atoms with Crippen molar-refractivity contribution >= 4 is 26.7 Å². The molecule has 11 heavy (non-hydrogen) atoms. The molecule has 4 heteroatoms. The predicted molar refractivity (Wildman–Crippen MR) is 47.0 cm³/mol. The summed E-state index contributed by atoms with van der Waals surface area (Å²) in [7, 11) is 1.87. The summed E-state index contributed by atoms with van der Waals surface area (Å²) in [5.74, 6) is 0. The van der Waals surface area contributed by atoms with Crippen molar-refractivity contribution in [3.8, 4) is 0 Å². The van der Waals surface area contributed by atoms with Crippen LogP contribution in [-0.4, -0.2) is 17.0 Å². The Bertz CT molecular complexity index is 335. The molecule has 2 rings (SSSR count). The Balaban J connectivity index is 2.69. The zero-order chi connectivity index (χ0) is 7.68. The van der Waals surface area contributed by atoms with E-state index in [0.717, 1.165) is 15.3 Å². The van der Waals surface area contributed by atoms with Gasteiger partial charge in [0.1, 0.15) is 0 Å². The van der Waals surface area contributed by atoms with Crippen molar-refractivity contribution in [1.82, 2.24) is 9.97 Å². The first-order valence-electron chi connectivity index (χ1n) is 3.28. The van der Waals surface area contributed by atoms with E-state index in [-0.39, 0.29) is 0 Å². The molecular formula is C7H7N3S. The number of nitrogens with zero attached hydrogens (tertiary/aromatic N) is 2. The maximum atomic E-state index is 4.30. The first kappa shape index (κ1) is 6.54. The Morgan fingerprint density at radius 3 is 3.18 bits per heavy atom. The third-order valence-electron chi connectivity index (χ3n) is 1.41. The van der Waals surface area contributed by atoms with Crippen LogP contribution >= 0.6 is 11.3 Å². The average molecular weight is 165 g/mol. The molecule has 2 heterocycles. The fourth-order valence-electron chi connectivity index (χ4n) is 0.887. The van der Waals surface area contributed by atoms with Crippen LogP contribution in [-0.2, 0) is 0 Å². The lowest BCUT2D eigenvalue weighted by molar-refractivity contribution is 1.35. The van der Waals surface area contributed by atoms with Gasteiger partial charge < -0.3 is 5.32 Å². The highest BCUT2D eigenvalue weighted by Gasteiger charge is 1.99. The normalized spacial score (nSPS) is 10.3. The molecule has 0 aliphatic heterocycles. The van der Waals surface area contributed by atoms with Gasteiger partial charge in [-0.15, -0.1) is 0 Å². The second-order valence-corrected chi connectivity index (χ2v) is 3.14. The number of rotatable bonds is 1. The van der Waals surface area contributed by atoms with E-state index in [1.807, 2.05) is 19.3 Å². The van der Waals surface area contributed by atoms with E-state index in [9.17, 15) is 0 Å². The highest BCUT2D eigenvalue weighted by atomic mass is 32.1. The molecule has 2 aromatic rings. The van der Waals surface area contributed by atoms with Gasteiger partial charge in [-0.2, -0.15) is 0 Å². The predicted octanol–water partition coefficient (Wildman–Crippen LogP) is 1.73. The number of aromatic nitrogens is 2. The molecule has 3 nitrogen and oxygen atoms in total. The van der Waals surface area contributed by atoms with Gasteiger partial charge in [0.2, 0.25) is 0 Å². The topological polar surface area (TPSA) is 37.8 Å². The fraction of sp³-hybridized carbons (Fsp3) is 0.143. The van der Waals surface area contributed by atoms with Gasteiger partial charge in [-0.3, -0.25) is 4.98 Å². The minimum atomic E-state index is 0.938. The van der Waals surface area contributed by atoms with Crippen LogP contribution in [0.15, 0.2) is 18.5 Å². The third kappa shape index (κ3) is 1.05. The summed E-state index contributed by atoms with van der Waals surface area (Å²) in [5, 5.41) is 3.93. The number of thiazole rings is 1. The van der Waals surface area contributed by atoms with Crippen molar-refractivity contribution in [2.75, 3.05) is 12.4 Å². The Kier molecular flexibility index (Phi) is 1.47. The van der Waals surface area contributed by atoms with E-state index in [1.165, 1.54) is 0 Å². The quantitative estimate of drug-likeness (QED) is 0.699. The van der Waals surface area contributed by atoms with Gasteiger partial charge in [-0.25, -0.2) is 4.98 Å². The largest absolute Gasteiger partial charge is 0.365 e. The summed E-state index contributed by atoms with van der Waals surface area (Å²) in [5.41, 5.74) is 1.01. The molecule has 0 aliphatic carbocycles. The van der Waals surface area contributed by atoms with Gasteiger partial charge in [0.25, 0.3) is 0 Å². The minimum absolute atomic E-state index is 0.938. The van der Waals surface area contributed by atoms with Crippen molar-refractivity contribution < 1.29 is 0 Å². The summed E-state index contributed by atoms with van der Waals surface area (Å²) in [6, 6.07) is 1.91. The molecule has 0 amide bonds. The van der Waals surface area contributed by atoms with Crippen molar-refractivity contribution in [2.24, 2.45) is 0 Å². The lowest BCUT2D eigenvalue weighted by Crippen LogP contribution is -1.83. The second-order valence-electron chi connectivity index (χ2n) is 2.11. The number of anilines is 1. The number of hydrogen-bond donors (Lipinski definition) is 1. The van der Waals surface area contributed by atoms with E-state index in [2.05, 4.69) is 15.3 Å².